The zero-order chi connectivity index (χ0) is 22.6. The fourth-order valence-electron chi connectivity index (χ4n) is 4.56. The van der Waals surface area contributed by atoms with Crippen LogP contribution >= 0.6 is 11.8 Å². The van der Waals surface area contributed by atoms with Gasteiger partial charge < -0.3 is 19.8 Å². The zero-order valence-electron chi connectivity index (χ0n) is 18.0. The van der Waals surface area contributed by atoms with Crippen LogP contribution in [0, 0.1) is 11.8 Å². The Bertz CT molecular complexity index is 767. The third-order valence-corrected chi connectivity index (χ3v) is 7.45. The maximum absolute atomic E-state index is 12.3. The molecule has 7 nitrogen and oxygen atoms in total. The summed E-state index contributed by atoms with van der Waals surface area (Å²) in [5.74, 6) is -3.81. The third-order valence-electron chi connectivity index (χ3n) is 6.27. The van der Waals surface area contributed by atoms with Gasteiger partial charge in [0, 0.05) is 17.8 Å². The molecule has 3 aliphatic rings. The summed E-state index contributed by atoms with van der Waals surface area (Å²) in [4.78, 5) is 35.8. The van der Waals surface area contributed by atoms with Crippen LogP contribution < -0.4 is 0 Å². The summed E-state index contributed by atoms with van der Waals surface area (Å²) in [6.45, 7) is 6.09. The third kappa shape index (κ3) is 5.60. The SMILES string of the molecule is CC(C)(SC(=O)N1CCCCC1)c1ccccc1.O=C(O)C1C2CCC(O2)C1C(=O)O. The molecule has 4 rings (SSSR count). The largest absolute Gasteiger partial charge is 0.481 e. The van der Waals surface area contributed by atoms with Gasteiger partial charge in [-0.3, -0.25) is 14.4 Å². The van der Waals surface area contributed by atoms with Crippen LogP contribution in [0.4, 0.5) is 4.79 Å². The summed E-state index contributed by atoms with van der Waals surface area (Å²) in [7, 11) is 0. The van der Waals surface area contributed by atoms with E-state index in [9.17, 15) is 14.4 Å². The van der Waals surface area contributed by atoms with Crippen LogP contribution in [0.3, 0.4) is 0 Å². The van der Waals surface area contributed by atoms with Crippen molar-refractivity contribution in [2.75, 3.05) is 13.1 Å². The van der Waals surface area contributed by atoms with Gasteiger partial charge in [0.1, 0.15) is 0 Å². The number of ether oxygens (including phenoxy) is 1. The van der Waals surface area contributed by atoms with Crippen LogP contribution in [0.15, 0.2) is 30.3 Å². The molecule has 3 heterocycles. The number of carboxylic acid groups (broad SMARTS) is 2. The molecule has 1 aromatic carbocycles. The van der Waals surface area contributed by atoms with E-state index in [1.54, 1.807) is 0 Å². The Kier molecular flexibility index (Phi) is 7.64. The minimum absolute atomic E-state index is 0.157. The molecule has 3 saturated heterocycles. The van der Waals surface area contributed by atoms with Gasteiger partial charge in [-0.2, -0.15) is 0 Å². The van der Waals surface area contributed by atoms with Crippen molar-refractivity contribution in [2.24, 2.45) is 11.8 Å². The highest BCUT2D eigenvalue weighted by Crippen LogP contribution is 2.43. The van der Waals surface area contributed by atoms with Gasteiger partial charge in [0.15, 0.2) is 0 Å². The van der Waals surface area contributed by atoms with Gasteiger partial charge in [-0.15, -0.1) is 0 Å². The van der Waals surface area contributed by atoms with Crippen molar-refractivity contribution in [1.82, 2.24) is 4.90 Å². The van der Waals surface area contributed by atoms with Crippen molar-refractivity contribution in [3.8, 4) is 0 Å². The molecule has 1 amide bonds. The Morgan fingerprint density at radius 1 is 0.935 bits per heavy atom. The summed E-state index contributed by atoms with van der Waals surface area (Å²) in [5, 5.41) is 17.8. The van der Waals surface area contributed by atoms with E-state index in [0.29, 0.717) is 12.8 Å². The second-order valence-electron chi connectivity index (χ2n) is 8.81. The summed E-state index contributed by atoms with van der Waals surface area (Å²) < 4.78 is 5.10. The maximum atomic E-state index is 12.3. The molecule has 8 heteroatoms. The van der Waals surface area contributed by atoms with Gasteiger partial charge in [-0.25, -0.2) is 0 Å². The average molecular weight is 450 g/mol. The van der Waals surface area contributed by atoms with Crippen molar-refractivity contribution in [3.63, 3.8) is 0 Å². The van der Waals surface area contributed by atoms with Crippen molar-refractivity contribution in [1.29, 1.82) is 0 Å². The van der Waals surface area contributed by atoms with E-state index < -0.39 is 23.8 Å². The number of likely N-dealkylation sites (tertiary alicyclic amines) is 1. The highest BCUT2D eigenvalue weighted by molar-refractivity contribution is 8.14. The standard InChI is InChI=1S/C15H21NOS.C8H10O5/c1-15(2,13-9-5-3-6-10-13)18-14(17)16-11-7-4-8-12-16;9-7(10)5-3-1-2-4(13-3)6(5)8(11)12/h3,5-6,9-10H,4,7-8,11-12H2,1-2H3;3-6H,1-2H2,(H,9,10)(H,11,12). The number of hydrogen-bond acceptors (Lipinski definition) is 5. The van der Waals surface area contributed by atoms with Crippen LogP contribution in [-0.4, -0.2) is 57.6 Å². The van der Waals surface area contributed by atoms with Crippen LogP contribution in [0.25, 0.3) is 0 Å². The van der Waals surface area contributed by atoms with Crippen LogP contribution in [-0.2, 0) is 19.1 Å². The lowest BCUT2D eigenvalue weighted by Crippen LogP contribution is -2.38. The van der Waals surface area contributed by atoms with E-state index in [1.807, 2.05) is 23.1 Å². The van der Waals surface area contributed by atoms with Gasteiger partial charge in [0.2, 0.25) is 0 Å². The monoisotopic (exact) mass is 449 g/mol. The quantitative estimate of drug-likeness (QED) is 0.709. The number of hydrogen-bond donors (Lipinski definition) is 2. The number of carboxylic acids is 2. The topological polar surface area (TPSA) is 104 Å². The normalized spacial score (nSPS) is 27.4. The molecule has 0 spiro atoms. The number of nitrogens with zero attached hydrogens (tertiary/aromatic N) is 1. The van der Waals surface area contributed by atoms with Gasteiger partial charge in [0.05, 0.1) is 24.0 Å². The Morgan fingerprint density at radius 2 is 1.45 bits per heavy atom. The fraction of sp³-hybridized carbons (Fsp3) is 0.609. The highest BCUT2D eigenvalue weighted by atomic mass is 32.2. The number of thioether (sulfide) groups is 1. The molecule has 3 aliphatic heterocycles. The van der Waals surface area contributed by atoms with E-state index >= 15 is 0 Å². The minimum atomic E-state index is -1.06. The summed E-state index contributed by atoms with van der Waals surface area (Å²) in [6, 6.07) is 10.3. The molecule has 0 aromatic heterocycles. The van der Waals surface area contributed by atoms with E-state index in [-0.39, 0.29) is 22.2 Å². The molecule has 170 valence electrons. The van der Waals surface area contributed by atoms with Crippen LogP contribution in [0.5, 0.6) is 0 Å². The number of carbonyl (C=O) groups is 3. The zero-order valence-corrected chi connectivity index (χ0v) is 18.8. The molecule has 1 aromatic rings. The molecule has 2 bridgehead atoms. The molecule has 31 heavy (non-hydrogen) atoms. The first kappa shape index (κ1) is 23.6. The van der Waals surface area contributed by atoms with E-state index in [1.165, 1.54) is 23.7 Å². The molecule has 0 aliphatic carbocycles. The first-order valence-corrected chi connectivity index (χ1v) is 11.7. The van der Waals surface area contributed by atoms with Gasteiger partial charge in [0.25, 0.3) is 5.24 Å². The van der Waals surface area contributed by atoms with E-state index in [4.69, 9.17) is 14.9 Å². The molecule has 2 N–H and O–H groups in total. The second-order valence-corrected chi connectivity index (χ2v) is 10.4. The van der Waals surface area contributed by atoms with Crippen molar-refractivity contribution < 1.29 is 29.3 Å². The summed E-state index contributed by atoms with van der Waals surface area (Å²) >= 11 is 1.45. The maximum Gasteiger partial charge on any atom is 0.310 e. The number of carbonyl (C=O) groups excluding carboxylic acids is 1. The Balaban J connectivity index is 0.000000185. The molecule has 0 radical (unpaired) electrons. The second kappa shape index (κ2) is 10.0. The van der Waals surface area contributed by atoms with Crippen molar-refractivity contribution in [2.45, 2.75) is 62.9 Å². The number of rotatable bonds is 4. The van der Waals surface area contributed by atoms with Gasteiger partial charge >= 0.3 is 11.9 Å². The first-order chi connectivity index (χ1) is 14.7. The predicted molar refractivity (Wildman–Crippen MR) is 118 cm³/mol. The summed E-state index contributed by atoms with van der Waals surface area (Å²) in [5.41, 5.74) is 1.21. The molecule has 3 fully saturated rings. The summed E-state index contributed by atoms with van der Waals surface area (Å²) in [6.07, 6.45) is 4.14. The smallest absolute Gasteiger partial charge is 0.310 e. The molecule has 4 unspecified atom stereocenters. The Labute approximate surface area is 187 Å². The minimum Gasteiger partial charge on any atom is -0.481 e. The van der Waals surface area contributed by atoms with Crippen LogP contribution in [0.2, 0.25) is 0 Å². The van der Waals surface area contributed by atoms with E-state index in [0.717, 1.165) is 25.9 Å². The van der Waals surface area contributed by atoms with Gasteiger partial charge in [-0.1, -0.05) is 42.1 Å². The molecule has 4 atom stereocenters. The fourth-order valence-corrected chi connectivity index (χ4v) is 5.57. The lowest BCUT2D eigenvalue weighted by molar-refractivity contribution is -0.154. The first-order valence-electron chi connectivity index (χ1n) is 10.8. The molecular formula is C23H31NO6S. The number of aliphatic carboxylic acids is 2. The Morgan fingerprint density at radius 3 is 1.94 bits per heavy atom. The number of amides is 1. The lowest BCUT2D eigenvalue weighted by atomic mass is 9.79. The Hall–Kier alpha value is -2.06. The number of fused-ring (bicyclic) bond motifs is 2. The van der Waals surface area contributed by atoms with Crippen LogP contribution in [0.1, 0.15) is 51.5 Å². The average Bonchev–Trinajstić information content (AvgIpc) is 3.37. The molecular weight excluding hydrogens is 418 g/mol. The van der Waals surface area contributed by atoms with Crippen molar-refractivity contribution in [3.05, 3.63) is 35.9 Å². The lowest BCUT2D eigenvalue weighted by Gasteiger charge is -2.30. The van der Waals surface area contributed by atoms with Crippen molar-refractivity contribution >= 4 is 28.9 Å². The van der Waals surface area contributed by atoms with E-state index in [2.05, 4.69) is 26.0 Å². The van der Waals surface area contributed by atoms with Gasteiger partial charge in [-0.05, 0) is 51.5 Å². The highest BCUT2D eigenvalue weighted by Gasteiger charge is 2.55. The number of piperidine rings is 1. The predicted octanol–water partition coefficient (Wildman–Crippen LogP) is 4.21. The molecule has 0 saturated carbocycles. The number of benzene rings is 1.